The molecule has 1 rings (SSSR count). The van der Waals surface area contributed by atoms with Crippen LogP contribution in [-0.4, -0.2) is 18.5 Å². The first-order chi connectivity index (χ1) is 7.18. The molecule has 6 N–H and O–H groups in total. The third-order valence-corrected chi connectivity index (χ3v) is 2.64. The van der Waals surface area contributed by atoms with Crippen molar-refractivity contribution in [1.29, 1.82) is 5.41 Å². The quantitative estimate of drug-likeness (QED) is 0.340. The maximum absolute atomic E-state index is 6.93. The Hall–Kier alpha value is -1.56. The lowest BCUT2D eigenvalue weighted by molar-refractivity contribution is 0.839. The highest BCUT2D eigenvalue weighted by Gasteiger charge is 1.94. The third kappa shape index (κ3) is 5.02. The molecule has 1 aromatic heterocycles. The van der Waals surface area contributed by atoms with Crippen LogP contribution in [0.2, 0.25) is 0 Å². The number of nitrogens with zero attached hydrogens (tertiary/aromatic N) is 1. The molecule has 0 unspecified atom stereocenters. The van der Waals surface area contributed by atoms with E-state index in [2.05, 4.69) is 21.8 Å². The predicted octanol–water partition coefficient (Wildman–Crippen LogP) is 0.478. The average molecular weight is 225 g/mol. The summed E-state index contributed by atoms with van der Waals surface area (Å²) in [6.45, 7) is 0.643. The maximum Gasteiger partial charge on any atom is 0.195 e. The van der Waals surface area contributed by atoms with Crippen LogP contribution in [0.5, 0.6) is 0 Å². The summed E-state index contributed by atoms with van der Waals surface area (Å²) in [5, 5.41) is 11.4. The van der Waals surface area contributed by atoms with Gasteiger partial charge in [0, 0.05) is 11.4 Å². The van der Waals surface area contributed by atoms with E-state index in [1.807, 2.05) is 6.07 Å². The van der Waals surface area contributed by atoms with E-state index in [1.54, 1.807) is 11.3 Å². The number of hydrogen-bond acceptors (Lipinski definition) is 3. The van der Waals surface area contributed by atoms with E-state index in [9.17, 15) is 0 Å². The first kappa shape index (κ1) is 11.5. The Balaban J connectivity index is 2.18. The van der Waals surface area contributed by atoms with Gasteiger partial charge in [0.05, 0.1) is 0 Å². The molecule has 0 radical (unpaired) electrons. The maximum atomic E-state index is 6.93. The minimum atomic E-state index is -0.186. The highest BCUT2D eigenvalue weighted by molar-refractivity contribution is 7.09. The number of aryl methyl sites for hydroxylation is 1. The molecule has 1 aromatic rings. The van der Waals surface area contributed by atoms with Crippen LogP contribution in [0.4, 0.5) is 0 Å². The molecule has 0 aliphatic carbocycles. The monoisotopic (exact) mass is 225 g/mol. The van der Waals surface area contributed by atoms with Gasteiger partial charge in [-0.05, 0) is 24.3 Å². The summed E-state index contributed by atoms with van der Waals surface area (Å²) >= 11 is 1.74. The first-order valence-electron chi connectivity index (χ1n) is 4.62. The standard InChI is InChI=1S/C9H15N5S/c10-8(11)14-9(12)13-5-1-3-7-4-2-6-15-7/h2,4,6H,1,3,5H2,(H6,10,11,12,13,14). The highest BCUT2D eigenvalue weighted by atomic mass is 32.1. The van der Waals surface area contributed by atoms with Crippen LogP contribution < -0.4 is 16.8 Å². The van der Waals surface area contributed by atoms with Crippen LogP contribution in [0, 0.1) is 5.41 Å². The van der Waals surface area contributed by atoms with Crippen molar-refractivity contribution in [3.8, 4) is 0 Å². The number of hydrogen-bond donors (Lipinski definition) is 4. The van der Waals surface area contributed by atoms with Crippen LogP contribution in [-0.2, 0) is 6.42 Å². The number of rotatable bonds is 4. The van der Waals surface area contributed by atoms with Crippen molar-refractivity contribution in [1.82, 2.24) is 5.32 Å². The van der Waals surface area contributed by atoms with Crippen molar-refractivity contribution < 1.29 is 0 Å². The van der Waals surface area contributed by atoms with E-state index in [4.69, 9.17) is 16.9 Å². The fourth-order valence-corrected chi connectivity index (χ4v) is 1.84. The molecular weight excluding hydrogens is 210 g/mol. The Morgan fingerprint density at radius 3 is 2.93 bits per heavy atom. The number of thiophene rings is 1. The van der Waals surface area contributed by atoms with E-state index in [-0.39, 0.29) is 11.9 Å². The zero-order chi connectivity index (χ0) is 11.1. The smallest absolute Gasteiger partial charge is 0.195 e. The molecule has 0 saturated heterocycles. The molecule has 82 valence electrons. The van der Waals surface area contributed by atoms with Crippen molar-refractivity contribution in [3.63, 3.8) is 0 Å². The Labute approximate surface area is 92.7 Å². The van der Waals surface area contributed by atoms with E-state index >= 15 is 0 Å². The third-order valence-electron chi connectivity index (χ3n) is 1.71. The molecule has 0 amide bonds. The van der Waals surface area contributed by atoms with E-state index in [0.717, 1.165) is 12.8 Å². The molecule has 0 bridgehead atoms. The first-order valence-corrected chi connectivity index (χ1v) is 5.50. The fourth-order valence-electron chi connectivity index (χ4n) is 1.09. The van der Waals surface area contributed by atoms with Gasteiger partial charge < -0.3 is 11.5 Å². The van der Waals surface area contributed by atoms with Crippen molar-refractivity contribution in [2.24, 2.45) is 16.5 Å². The van der Waals surface area contributed by atoms with Gasteiger partial charge in [0.1, 0.15) is 0 Å². The van der Waals surface area contributed by atoms with Crippen molar-refractivity contribution in [2.75, 3.05) is 6.54 Å². The summed E-state index contributed by atoms with van der Waals surface area (Å²) in [7, 11) is 0. The Morgan fingerprint density at radius 2 is 2.33 bits per heavy atom. The zero-order valence-corrected chi connectivity index (χ0v) is 9.18. The van der Waals surface area contributed by atoms with E-state index in [0.29, 0.717) is 6.54 Å². The van der Waals surface area contributed by atoms with E-state index < -0.39 is 0 Å². The molecule has 0 atom stereocenters. The summed E-state index contributed by atoms with van der Waals surface area (Å²) in [4.78, 5) is 5.38. The molecule has 5 nitrogen and oxygen atoms in total. The Bertz CT molecular complexity index is 330. The van der Waals surface area contributed by atoms with Gasteiger partial charge in [-0.15, -0.1) is 11.3 Å². The lowest BCUT2D eigenvalue weighted by Gasteiger charge is -2.01. The number of aliphatic imine (C=N–C) groups is 1. The molecular formula is C9H15N5S. The van der Waals surface area contributed by atoms with Crippen molar-refractivity contribution >= 4 is 23.3 Å². The van der Waals surface area contributed by atoms with Gasteiger partial charge in [-0.25, -0.2) is 0 Å². The lowest BCUT2D eigenvalue weighted by atomic mass is 10.3. The van der Waals surface area contributed by atoms with Gasteiger partial charge in [0.15, 0.2) is 11.9 Å². The molecule has 0 aliphatic heterocycles. The number of guanidine groups is 2. The second-order valence-corrected chi connectivity index (χ2v) is 4.02. The van der Waals surface area contributed by atoms with E-state index in [1.165, 1.54) is 4.88 Å². The molecule has 0 aliphatic rings. The topological polar surface area (TPSA) is 100 Å². The SMILES string of the molecule is N=C(N)NC(N)=NCCCc1cccs1. The number of nitrogens with two attached hydrogens (primary N) is 2. The van der Waals surface area contributed by atoms with Gasteiger partial charge in [-0.1, -0.05) is 6.07 Å². The second-order valence-electron chi connectivity index (χ2n) is 2.99. The summed E-state index contributed by atoms with van der Waals surface area (Å²) in [6, 6.07) is 4.14. The zero-order valence-electron chi connectivity index (χ0n) is 8.36. The predicted molar refractivity (Wildman–Crippen MR) is 64.2 cm³/mol. The van der Waals surface area contributed by atoms with Crippen LogP contribution in [0.25, 0.3) is 0 Å². The lowest BCUT2D eigenvalue weighted by Crippen LogP contribution is -2.40. The van der Waals surface area contributed by atoms with Crippen LogP contribution >= 0.6 is 11.3 Å². The average Bonchev–Trinajstić information content (AvgIpc) is 2.63. The fraction of sp³-hybridized carbons (Fsp3) is 0.333. The molecule has 6 heteroatoms. The molecule has 0 saturated carbocycles. The molecule has 0 aromatic carbocycles. The summed E-state index contributed by atoms with van der Waals surface area (Å²) in [5.41, 5.74) is 10.5. The van der Waals surface area contributed by atoms with Gasteiger partial charge in [-0.2, -0.15) is 0 Å². The molecule has 0 spiro atoms. The van der Waals surface area contributed by atoms with Gasteiger partial charge in [-0.3, -0.25) is 15.7 Å². The number of nitrogens with one attached hydrogen (secondary N) is 2. The van der Waals surface area contributed by atoms with Crippen LogP contribution in [0.15, 0.2) is 22.5 Å². The van der Waals surface area contributed by atoms with Gasteiger partial charge >= 0.3 is 0 Å². The molecule has 15 heavy (non-hydrogen) atoms. The minimum Gasteiger partial charge on any atom is -0.370 e. The summed E-state index contributed by atoms with van der Waals surface area (Å²) < 4.78 is 0. The van der Waals surface area contributed by atoms with Crippen molar-refractivity contribution in [2.45, 2.75) is 12.8 Å². The normalized spacial score (nSPS) is 11.3. The molecule has 1 heterocycles. The highest BCUT2D eigenvalue weighted by Crippen LogP contribution is 2.10. The Kier molecular flexibility index (Phi) is 4.62. The van der Waals surface area contributed by atoms with Gasteiger partial charge in [0.2, 0.25) is 0 Å². The summed E-state index contributed by atoms with van der Waals surface area (Å²) in [5.74, 6) is 0.0168. The summed E-state index contributed by atoms with van der Waals surface area (Å²) in [6.07, 6.45) is 1.95. The van der Waals surface area contributed by atoms with Crippen LogP contribution in [0.3, 0.4) is 0 Å². The minimum absolute atomic E-state index is 0.186. The van der Waals surface area contributed by atoms with Gasteiger partial charge in [0.25, 0.3) is 0 Å². The van der Waals surface area contributed by atoms with Crippen molar-refractivity contribution in [3.05, 3.63) is 22.4 Å². The molecule has 0 fully saturated rings. The van der Waals surface area contributed by atoms with Crippen LogP contribution in [0.1, 0.15) is 11.3 Å². The second kappa shape index (κ2) is 6.02. The largest absolute Gasteiger partial charge is 0.370 e. The Morgan fingerprint density at radius 1 is 1.53 bits per heavy atom.